The molecule has 0 saturated heterocycles. The highest BCUT2D eigenvalue weighted by atomic mass is 32.2. The number of aliphatic imine (C=N–C) groups is 1. The summed E-state index contributed by atoms with van der Waals surface area (Å²) in [6.07, 6.45) is 0.629. The van der Waals surface area contributed by atoms with E-state index in [9.17, 15) is 8.42 Å². The van der Waals surface area contributed by atoms with E-state index in [2.05, 4.69) is 15.0 Å². The number of guanidine groups is 1. The number of rotatable bonds is 3. The van der Waals surface area contributed by atoms with E-state index in [1.807, 2.05) is 19.9 Å². The van der Waals surface area contributed by atoms with Crippen molar-refractivity contribution >= 4 is 21.7 Å². The van der Waals surface area contributed by atoms with Crippen LogP contribution in [0.5, 0.6) is 0 Å². The molecule has 0 saturated carbocycles. The van der Waals surface area contributed by atoms with Crippen molar-refractivity contribution in [1.29, 1.82) is 0 Å². The summed E-state index contributed by atoms with van der Waals surface area (Å²) < 4.78 is 26.6. The lowest BCUT2D eigenvalue weighted by atomic mass is 10.2. The van der Waals surface area contributed by atoms with Crippen LogP contribution in [0.3, 0.4) is 0 Å². The fourth-order valence-electron chi connectivity index (χ4n) is 1.79. The van der Waals surface area contributed by atoms with Crippen LogP contribution in [0.1, 0.15) is 18.9 Å². The maximum Gasteiger partial charge on any atom is 0.266 e. The van der Waals surface area contributed by atoms with Crippen molar-refractivity contribution in [3.05, 3.63) is 23.8 Å². The molecule has 7 heteroatoms. The predicted molar refractivity (Wildman–Crippen MR) is 73.7 cm³/mol. The van der Waals surface area contributed by atoms with E-state index in [4.69, 9.17) is 5.11 Å². The van der Waals surface area contributed by atoms with Crippen molar-refractivity contribution < 1.29 is 13.5 Å². The Morgan fingerprint density at radius 2 is 2.16 bits per heavy atom. The molecule has 1 aromatic rings. The molecule has 0 aromatic heterocycles. The van der Waals surface area contributed by atoms with Crippen LogP contribution in [0.4, 0.5) is 5.69 Å². The Labute approximate surface area is 112 Å². The number of anilines is 1. The number of hydrogen-bond acceptors (Lipinski definition) is 4. The van der Waals surface area contributed by atoms with Gasteiger partial charge in [-0.05, 0) is 31.0 Å². The minimum absolute atomic E-state index is 0.121. The van der Waals surface area contributed by atoms with Gasteiger partial charge in [-0.15, -0.1) is 0 Å². The standard InChI is InChI=1S/C12H17N3O3S/c1-3-9(7-16)13-12-14-10-5-4-8(2)6-11(10)19(17,18)15-12/h4-6,9,16H,3,7H2,1-2H3,(H2,13,14,15). The van der Waals surface area contributed by atoms with Gasteiger partial charge in [0.2, 0.25) is 5.96 Å². The first-order valence-electron chi connectivity index (χ1n) is 6.05. The summed E-state index contributed by atoms with van der Waals surface area (Å²) in [5, 5.41) is 12.0. The van der Waals surface area contributed by atoms with E-state index in [0.29, 0.717) is 12.1 Å². The summed E-state index contributed by atoms with van der Waals surface area (Å²) in [6.45, 7) is 3.59. The summed E-state index contributed by atoms with van der Waals surface area (Å²) in [4.78, 5) is 4.37. The highest BCUT2D eigenvalue weighted by Gasteiger charge is 2.26. The molecule has 1 unspecified atom stereocenters. The number of aliphatic hydroxyl groups excluding tert-OH is 1. The van der Waals surface area contributed by atoms with Crippen LogP contribution in [-0.2, 0) is 10.0 Å². The lowest BCUT2D eigenvalue weighted by molar-refractivity contribution is 0.264. The van der Waals surface area contributed by atoms with Crippen molar-refractivity contribution in [2.45, 2.75) is 31.2 Å². The Bertz CT molecular complexity index is 607. The zero-order valence-corrected chi connectivity index (χ0v) is 11.7. The summed E-state index contributed by atoms with van der Waals surface area (Å²) in [7, 11) is -3.60. The lowest BCUT2D eigenvalue weighted by Gasteiger charge is -2.22. The molecule has 0 aliphatic carbocycles. The van der Waals surface area contributed by atoms with Gasteiger partial charge in [0, 0.05) is 0 Å². The zero-order chi connectivity index (χ0) is 14.0. The summed E-state index contributed by atoms with van der Waals surface area (Å²) in [5.41, 5.74) is 1.36. The molecular weight excluding hydrogens is 266 g/mol. The molecule has 104 valence electrons. The molecule has 3 N–H and O–H groups in total. The maximum atomic E-state index is 12.1. The first-order chi connectivity index (χ1) is 8.96. The Balaban J connectivity index is 2.41. The number of fused-ring (bicyclic) bond motifs is 1. The molecule has 1 heterocycles. The summed E-state index contributed by atoms with van der Waals surface area (Å²) in [6, 6.07) is 4.81. The molecule has 6 nitrogen and oxygen atoms in total. The Kier molecular flexibility index (Phi) is 3.77. The van der Waals surface area contributed by atoms with Gasteiger partial charge in [0.25, 0.3) is 10.0 Å². The molecule has 0 bridgehead atoms. The Morgan fingerprint density at radius 1 is 1.42 bits per heavy atom. The van der Waals surface area contributed by atoms with Crippen LogP contribution in [0, 0.1) is 6.92 Å². The SMILES string of the molecule is CCC(CO)N=C1Nc2ccc(C)cc2S(=O)(=O)N1. The average Bonchev–Trinajstić information content (AvgIpc) is 2.36. The highest BCUT2D eigenvalue weighted by molar-refractivity contribution is 7.90. The second kappa shape index (κ2) is 5.18. The van der Waals surface area contributed by atoms with E-state index < -0.39 is 10.0 Å². The molecule has 0 radical (unpaired) electrons. The molecule has 1 aliphatic heterocycles. The van der Waals surface area contributed by atoms with Crippen LogP contribution in [0.15, 0.2) is 28.1 Å². The van der Waals surface area contributed by atoms with Crippen molar-refractivity contribution in [3.8, 4) is 0 Å². The molecule has 0 fully saturated rings. The van der Waals surface area contributed by atoms with Gasteiger partial charge in [0.1, 0.15) is 4.90 Å². The summed E-state index contributed by atoms with van der Waals surface area (Å²) >= 11 is 0. The van der Waals surface area contributed by atoms with Crippen LogP contribution in [-0.4, -0.2) is 32.1 Å². The second-order valence-electron chi connectivity index (χ2n) is 4.45. The molecule has 0 spiro atoms. The van der Waals surface area contributed by atoms with Crippen LogP contribution in [0.2, 0.25) is 0 Å². The molecule has 1 aromatic carbocycles. The minimum Gasteiger partial charge on any atom is -0.394 e. The van der Waals surface area contributed by atoms with Gasteiger partial charge in [-0.3, -0.25) is 0 Å². The first-order valence-corrected chi connectivity index (χ1v) is 7.53. The van der Waals surface area contributed by atoms with E-state index in [1.54, 1.807) is 12.1 Å². The van der Waals surface area contributed by atoms with Gasteiger partial charge in [0.15, 0.2) is 0 Å². The molecule has 1 atom stereocenters. The number of nitrogens with zero attached hydrogens (tertiary/aromatic N) is 1. The van der Waals surface area contributed by atoms with Crippen molar-refractivity contribution in [1.82, 2.24) is 4.72 Å². The number of aliphatic hydroxyl groups is 1. The van der Waals surface area contributed by atoms with Gasteiger partial charge in [-0.1, -0.05) is 13.0 Å². The first kappa shape index (κ1) is 13.8. The van der Waals surface area contributed by atoms with Crippen molar-refractivity contribution in [2.24, 2.45) is 4.99 Å². The third kappa shape index (κ3) is 2.87. The number of aryl methyl sites for hydroxylation is 1. The number of nitrogens with one attached hydrogen (secondary N) is 2. The monoisotopic (exact) mass is 283 g/mol. The van der Waals surface area contributed by atoms with Crippen LogP contribution < -0.4 is 10.0 Å². The van der Waals surface area contributed by atoms with Gasteiger partial charge in [-0.2, -0.15) is 0 Å². The lowest BCUT2D eigenvalue weighted by Crippen LogP contribution is -2.41. The van der Waals surface area contributed by atoms with E-state index >= 15 is 0 Å². The number of benzene rings is 1. The van der Waals surface area contributed by atoms with E-state index in [0.717, 1.165) is 5.56 Å². The largest absolute Gasteiger partial charge is 0.394 e. The topological polar surface area (TPSA) is 90.8 Å². The van der Waals surface area contributed by atoms with Crippen molar-refractivity contribution in [3.63, 3.8) is 0 Å². The Morgan fingerprint density at radius 3 is 2.79 bits per heavy atom. The smallest absolute Gasteiger partial charge is 0.266 e. The summed E-state index contributed by atoms with van der Waals surface area (Å²) in [5.74, 6) is 0.150. The van der Waals surface area contributed by atoms with E-state index in [1.165, 1.54) is 0 Å². The van der Waals surface area contributed by atoms with Crippen molar-refractivity contribution in [2.75, 3.05) is 11.9 Å². The average molecular weight is 283 g/mol. The predicted octanol–water partition coefficient (Wildman–Crippen LogP) is 0.826. The highest BCUT2D eigenvalue weighted by Crippen LogP contribution is 2.25. The number of hydrogen-bond donors (Lipinski definition) is 3. The van der Waals surface area contributed by atoms with Gasteiger partial charge in [-0.25, -0.2) is 18.1 Å². The molecular formula is C12H17N3O3S. The maximum absolute atomic E-state index is 12.1. The number of sulfonamides is 1. The van der Waals surface area contributed by atoms with Gasteiger partial charge >= 0.3 is 0 Å². The Hall–Kier alpha value is -1.60. The quantitative estimate of drug-likeness (QED) is 0.766. The van der Waals surface area contributed by atoms with Gasteiger partial charge in [0.05, 0.1) is 18.3 Å². The van der Waals surface area contributed by atoms with E-state index in [-0.39, 0.29) is 23.5 Å². The van der Waals surface area contributed by atoms with Crippen LogP contribution in [0.25, 0.3) is 0 Å². The molecule has 19 heavy (non-hydrogen) atoms. The fourth-order valence-corrected chi connectivity index (χ4v) is 3.01. The fraction of sp³-hybridized carbons (Fsp3) is 0.417. The normalized spacial score (nSPS) is 20.3. The third-order valence-electron chi connectivity index (χ3n) is 2.90. The minimum atomic E-state index is -3.60. The molecule has 0 amide bonds. The zero-order valence-electron chi connectivity index (χ0n) is 10.8. The van der Waals surface area contributed by atoms with Crippen LogP contribution >= 0.6 is 0 Å². The molecule has 1 aliphatic rings. The second-order valence-corrected chi connectivity index (χ2v) is 6.10. The van der Waals surface area contributed by atoms with Gasteiger partial charge < -0.3 is 10.4 Å². The third-order valence-corrected chi connectivity index (χ3v) is 4.28. The molecule has 2 rings (SSSR count).